The predicted molar refractivity (Wildman–Crippen MR) is 59.6 cm³/mol. The molecule has 0 amide bonds. The van der Waals surface area contributed by atoms with Gasteiger partial charge in [0.1, 0.15) is 5.75 Å². The van der Waals surface area contributed by atoms with Crippen LogP contribution in [0.15, 0.2) is 24.3 Å². The molecule has 0 aromatic heterocycles. The minimum Gasteiger partial charge on any atom is -0.508 e. The number of benzene rings is 1. The Morgan fingerprint density at radius 2 is 1.82 bits per heavy atom. The van der Waals surface area contributed by atoms with Crippen LogP contribution < -0.4 is 0 Å². The number of aromatic hydroxyl groups is 1. The topological polar surface area (TPSA) is 72.8 Å². The van der Waals surface area contributed by atoms with E-state index in [1.165, 1.54) is 24.3 Å². The molecule has 0 saturated carbocycles. The molecule has 0 fully saturated rings. The quantitative estimate of drug-likeness (QED) is 0.787. The van der Waals surface area contributed by atoms with Crippen molar-refractivity contribution in [3.63, 3.8) is 0 Å². The molecule has 0 heterocycles. The fourth-order valence-corrected chi connectivity index (χ4v) is 1.06. The van der Waals surface area contributed by atoms with Gasteiger partial charge in [-0.25, -0.2) is 9.59 Å². The van der Waals surface area contributed by atoms with Crippen molar-refractivity contribution in [1.29, 1.82) is 0 Å². The van der Waals surface area contributed by atoms with E-state index in [0.29, 0.717) is 6.61 Å². The zero-order valence-corrected chi connectivity index (χ0v) is 9.51. The van der Waals surface area contributed by atoms with Crippen molar-refractivity contribution in [2.45, 2.75) is 13.3 Å². The number of rotatable bonds is 5. The number of esters is 2. The summed E-state index contributed by atoms with van der Waals surface area (Å²) >= 11 is 0. The second kappa shape index (κ2) is 6.52. The van der Waals surface area contributed by atoms with Gasteiger partial charge in [-0.2, -0.15) is 0 Å². The van der Waals surface area contributed by atoms with E-state index in [0.717, 1.165) is 6.42 Å². The van der Waals surface area contributed by atoms with Gasteiger partial charge in [-0.15, -0.1) is 0 Å². The van der Waals surface area contributed by atoms with Crippen LogP contribution in [0, 0.1) is 0 Å². The van der Waals surface area contributed by atoms with Crippen molar-refractivity contribution < 1.29 is 24.2 Å². The molecule has 0 atom stereocenters. The van der Waals surface area contributed by atoms with E-state index in [9.17, 15) is 9.59 Å². The van der Waals surface area contributed by atoms with Gasteiger partial charge >= 0.3 is 11.9 Å². The van der Waals surface area contributed by atoms with Gasteiger partial charge in [-0.05, 0) is 30.7 Å². The van der Waals surface area contributed by atoms with E-state index in [1.54, 1.807) is 0 Å². The highest BCUT2D eigenvalue weighted by atomic mass is 16.6. The zero-order valence-electron chi connectivity index (χ0n) is 9.51. The number of hydrogen-bond donors (Lipinski definition) is 1. The van der Waals surface area contributed by atoms with Gasteiger partial charge in [0, 0.05) is 0 Å². The number of hydrogen-bond acceptors (Lipinski definition) is 5. The van der Waals surface area contributed by atoms with Crippen molar-refractivity contribution in [2.75, 3.05) is 13.2 Å². The smallest absolute Gasteiger partial charge is 0.344 e. The molecule has 0 aliphatic heterocycles. The molecule has 0 unspecified atom stereocenters. The zero-order chi connectivity index (χ0) is 12.7. The molecule has 1 aromatic carbocycles. The first-order valence-corrected chi connectivity index (χ1v) is 5.25. The molecule has 0 saturated heterocycles. The lowest BCUT2D eigenvalue weighted by molar-refractivity contribution is -0.147. The minimum absolute atomic E-state index is 0.0592. The Balaban J connectivity index is 2.39. The molecule has 1 aromatic rings. The molecule has 0 radical (unpaired) electrons. The summed E-state index contributed by atoms with van der Waals surface area (Å²) in [6, 6.07) is 5.56. The van der Waals surface area contributed by atoms with Crippen LogP contribution in [-0.2, 0) is 14.3 Å². The summed E-state index contributed by atoms with van der Waals surface area (Å²) in [4.78, 5) is 22.5. The standard InChI is InChI=1S/C12H14O5/c1-2-7-16-11(14)8-17-12(15)9-3-5-10(13)6-4-9/h3-6,13H,2,7-8H2,1H3. The third kappa shape index (κ3) is 4.55. The fourth-order valence-electron chi connectivity index (χ4n) is 1.06. The Kier molecular flexibility index (Phi) is 5.00. The van der Waals surface area contributed by atoms with Gasteiger partial charge < -0.3 is 14.6 Å². The second-order valence-electron chi connectivity index (χ2n) is 3.34. The molecule has 1 rings (SSSR count). The molecular formula is C12H14O5. The van der Waals surface area contributed by atoms with Crippen molar-refractivity contribution in [2.24, 2.45) is 0 Å². The van der Waals surface area contributed by atoms with Crippen molar-refractivity contribution >= 4 is 11.9 Å². The van der Waals surface area contributed by atoms with E-state index in [1.807, 2.05) is 6.92 Å². The van der Waals surface area contributed by atoms with E-state index in [-0.39, 0.29) is 11.3 Å². The fraction of sp³-hybridized carbons (Fsp3) is 0.333. The lowest BCUT2D eigenvalue weighted by atomic mass is 10.2. The van der Waals surface area contributed by atoms with Crippen molar-refractivity contribution in [3.8, 4) is 5.75 Å². The highest BCUT2D eigenvalue weighted by Gasteiger charge is 2.10. The van der Waals surface area contributed by atoms with Crippen LogP contribution in [0.3, 0.4) is 0 Å². The first-order valence-electron chi connectivity index (χ1n) is 5.25. The number of phenolic OH excluding ortho intramolecular Hbond substituents is 1. The Morgan fingerprint density at radius 3 is 2.41 bits per heavy atom. The Labute approximate surface area is 99.0 Å². The monoisotopic (exact) mass is 238 g/mol. The third-order valence-corrected chi connectivity index (χ3v) is 1.89. The minimum atomic E-state index is -0.626. The normalized spacial score (nSPS) is 9.71. The van der Waals surface area contributed by atoms with Crippen LogP contribution in [0.5, 0.6) is 5.75 Å². The van der Waals surface area contributed by atoms with Crippen molar-refractivity contribution in [1.82, 2.24) is 0 Å². The average molecular weight is 238 g/mol. The first kappa shape index (κ1) is 13.0. The molecule has 92 valence electrons. The van der Waals surface area contributed by atoms with Gasteiger partial charge in [0.2, 0.25) is 0 Å². The summed E-state index contributed by atoms with van der Waals surface area (Å²) in [5, 5.41) is 9.03. The first-order chi connectivity index (χ1) is 8.13. The summed E-state index contributed by atoms with van der Waals surface area (Å²) in [7, 11) is 0. The lowest BCUT2D eigenvalue weighted by Crippen LogP contribution is -2.16. The molecule has 1 N–H and O–H groups in total. The maximum Gasteiger partial charge on any atom is 0.344 e. The van der Waals surface area contributed by atoms with E-state index < -0.39 is 18.5 Å². The Hall–Kier alpha value is -2.04. The average Bonchev–Trinajstić information content (AvgIpc) is 2.34. The SMILES string of the molecule is CCCOC(=O)COC(=O)c1ccc(O)cc1. The molecule has 5 nitrogen and oxygen atoms in total. The van der Waals surface area contributed by atoms with Gasteiger partial charge in [0.05, 0.1) is 12.2 Å². The Bertz CT molecular complexity index is 382. The van der Waals surface area contributed by atoms with Crippen molar-refractivity contribution in [3.05, 3.63) is 29.8 Å². The number of ether oxygens (including phenoxy) is 2. The Morgan fingerprint density at radius 1 is 1.18 bits per heavy atom. The molecule has 0 bridgehead atoms. The van der Waals surface area contributed by atoms with Crippen LogP contribution in [0.1, 0.15) is 23.7 Å². The van der Waals surface area contributed by atoms with Gasteiger partial charge in [0.15, 0.2) is 6.61 Å². The number of carbonyl (C=O) groups excluding carboxylic acids is 2. The van der Waals surface area contributed by atoms with Crippen LogP contribution in [0.4, 0.5) is 0 Å². The third-order valence-electron chi connectivity index (χ3n) is 1.89. The molecule has 0 spiro atoms. The van der Waals surface area contributed by atoms with Crippen LogP contribution >= 0.6 is 0 Å². The summed E-state index contributed by atoms with van der Waals surface area (Å²) in [6.07, 6.45) is 0.720. The van der Waals surface area contributed by atoms with Crippen LogP contribution in [-0.4, -0.2) is 30.3 Å². The maximum atomic E-state index is 11.4. The highest BCUT2D eigenvalue weighted by Crippen LogP contribution is 2.10. The van der Waals surface area contributed by atoms with E-state index >= 15 is 0 Å². The summed E-state index contributed by atoms with van der Waals surface area (Å²) in [6.45, 7) is 1.78. The maximum absolute atomic E-state index is 11.4. The molecular weight excluding hydrogens is 224 g/mol. The van der Waals surface area contributed by atoms with Gasteiger partial charge in [-0.3, -0.25) is 0 Å². The molecule has 0 aliphatic rings. The van der Waals surface area contributed by atoms with Crippen LogP contribution in [0.2, 0.25) is 0 Å². The van der Waals surface area contributed by atoms with E-state index in [4.69, 9.17) is 14.6 Å². The predicted octanol–water partition coefficient (Wildman–Crippen LogP) is 1.50. The number of carbonyl (C=O) groups is 2. The summed E-state index contributed by atoms with van der Waals surface area (Å²) in [5.74, 6) is -1.14. The molecule has 5 heteroatoms. The second-order valence-corrected chi connectivity index (χ2v) is 3.34. The number of phenols is 1. The largest absolute Gasteiger partial charge is 0.508 e. The summed E-state index contributed by atoms with van der Waals surface area (Å²) in [5.41, 5.74) is 0.270. The summed E-state index contributed by atoms with van der Waals surface area (Å²) < 4.78 is 9.47. The van der Waals surface area contributed by atoms with Crippen LogP contribution in [0.25, 0.3) is 0 Å². The van der Waals surface area contributed by atoms with E-state index in [2.05, 4.69) is 0 Å². The van der Waals surface area contributed by atoms with Gasteiger partial charge in [-0.1, -0.05) is 6.92 Å². The highest BCUT2D eigenvalue weighted by molar-refractivity contribution is 5.90. The molecule has 0 aliphatic carbocycles. The lowest BCUT2D eigenvalue weighted by Gasteiger charge is -2.05. The molecule has 17 heavy (non-hydrogen) atoms. The van der Waals surface area contributed by atoms with Gasteiger partial charge in [0.25, 0.3) is 0 Å².